The zero-order valence-corrected chi connectivity index (χ0v) is 31.0. The van der Waals surface area contributed by atoms with Crippen molar-refractivity contribution in [3.8, 4) is 5.75 Å². The zero-order chi connectivity index (χ0) is 38.2. The largest absolute Gasteiger partial charge is 0.494 e. The van der Waals surface area contributed by atoms with Gasteiger partial charge in [0.25, 0.3) is 5.91 Å². The molecule has 0 aliphatic carbocycles. The second-order valence-corrected chi connectivity index (χ2v) is 13.8. The Morgan fingerprint density at radius 3 is 2.61 bits per heavy atom. The summed E-state index contributed by atoms with van der Waals surface area (Å²) in [5, 5.41) is 43.7. The molecule has 0 saturated heterocycles. The van der Waals surface area contributed by atoms with E-state index in [1.54, 1.807) is 27.8 Å². The number of nitrogens with zero attached hydrogens (tertiary/aromatic N) is 5. The SMILES string of the molecule is C=CCN1C(=O)[C@@](O)([C@@H](C)/C=C/CCn2cc(C(CO)c3ccccc3)nn2)c2cc(N3C(=O)C(NCCCCO)Cc4cc(OCC)ccc43)ccc21. The Morgan fingerprint density at radius 2 is 1.87 bits per heavy atom. The van der Waals surface area contributed by atoms with Crippen LogP contribution in [-0.2, 0) is 28.2 Å². The molecule has 0 saturated carbocycles. The van der Waals surface area contributed by atoms with Crippen LogP contribution in [0.5, 0.6) is 5.75 Å². The van der Waals surface area contributed by atoms with E-state index in [0.29, 0.717) is 73.0 Å². The standard InChI is InChI=1S/C42H50N6O6/c1-4-21-47-39-18-16-32(48-38-19-17-33(54-5-2)24-31(38)25-36(40(48)51)43-20-10-12-23-49)26-35(39)42(53,41(47)52)29(3)13-9-11-22-46-27-37(44-45-46)34(28-50)30-14-7-6-8-15-30/h4,6-9,13-19,24,26-27,29,34,36,43,49-50,53H,1,5,10-12,20-23,25,28H2,2-3H3/b13-9+/t29-,34?,36?,42+/m0/s1. The molecule has 0 bridgehead atoms. The van der Waals surface area contributed by atoms with E-state index in [9.17, 15) is 24.9 Å². The molecule has 284 valence electrons. The summed E-state index contributed by atoms with van der Waals surface area (Å²) in [6.07, 6.45) is 9.61. The van der Waals surface area contributed by atoms with Crippen LogP contribution in [0.2, 0.25) is 0 Å². The molecular formula is C42H50N6O6. The lowest BCUT2D eigenvalue weighted by Gasteiger charge is -2.35. The van der Waals surface area contributed by atoms with E-state index >= 15 is 0 Å². The van der Waals surface area contributed by atoms with E-state index in [0.717, 1.165) is 17.5 Å². The summed E-state index contributed by atoms with van der Waals surface area (Å²) >= 11 is 0. The van der Waals surface area contributed by atoms with Gasteiger partial charge in [-0.05, 0) is 86.7 Å². The van der Waals surface area contributed by atoms with Gasteiger partial charge in [0.05, 0.1) is 42.2 Å². The fourth-order valence-electron chi connectivity index (χ4n) is 7.39. The molecule has 1 aromatic heterocycles. The highest BCUT2D eigenvalue weighted by Gasteiger charge is 2.52. The van der Waals surface area contributed by atoms with Crippen LogP contribution in [-0.4, -0.2) is 81.1 Å². The number of aryl methyl sites for hydroxylation is 1. The Labute approximate surface area is 316 Å². The maximum absolute atomic E-state index is 14.2. The van der Waals surface area contributed by atoms with Crippen molar-refractivity contribution >= 4 is 28.9 Å². The molecule has 12 heteroatoms. The Hall–Kier alpha value is -5.14. The van der Waals surface area contributed by atoms with E-state index < -0.39 is 23.5 Å². The number of allylic oxidation sites excluding steroid dienone is 1. The predicted molar refractivity (Wildman–Crippen MR) is 208 cm³/mol. The molecule has 0 fully saturated rings. The number of nitrogens with one attached hydrogen (secondary N) is 1. The van der Waals surface area contributed by atoms with E-state index in [-0.39, 0.29) is 31.6 Å². The minimum Gasteiger partial charge on any atom is -0.494 e. The summed E-state index contributed by atoms with van der Waals surface area (Å²) in [6.45, 7) is 9.37. The van der Waals surface area contributed by atoms with Gasteiger partial charge in [0.1, 0.15) is 5.75 Å². The van der Waals surface area contributed by atoms with Gasteiger partial charge in [-0.25, -0.2) is 0 Å². The lowest BCUT2D eigenvalue weighted by atomic mass is 9.82. The average Bonchev–Trinajstić information content (AvgIpc) is 3.73. The first kappa shape index (κ1) is 38.6. The zero-order valence-electron chi connectivity index (χ0n) is 31.0. The van der Waals surface area contributed by atoms with Crippen molar-refractivity contribution in [2.24, 2.45) is 5.92 Å². The number of carbonyl (C=O) groups is 2. The van der Waals surface area contributed by atoms with Gasteiger partial charge in [-0.3, -0.25) is 19.2 Å². The molecule has 4 N–H and O–H groups in total. The van der Waals surface area contributed by atoms with Gasteiger partial charge < -0.3 is 30.3 Å². The molecular weight excluding hydrogens is 684 g/mol. The van der Waals surface area contributed by atoms with Crippen LogP contribution in [0.3, 0.4) is 0 Å². The number of fused-ring (bicyclic) bond motifs is 2. The molecule has 54 heavy (non-hydrogen) atoms. The first-order valence-corrected chi connectivity index (χ1v) is 18.7. The minimum absolute atomic E-state index is 0.0872. The predicted octanol–water partition coefficient (Wildman–Crippen LogP) is 4.76. The molecule has 4 aromatic rings. The molecule has 0 radical (unpaired) electrons. The summed E-state index contributed by atoms with van der Waals surface area (Å²) in [5.41, 5.74) is 2.89. The van der Waals surface area contributed by atoms with Crippen molar-refractivity contribution < 1.29 is 29.6 Å². The molecule has 3 aromatic carbocycles. The van der Waals surface area contributed by atoms with Crippen LogP contribution in [0.15, 0.2) is 97.7 Å². The highest BCUT2D eigenvalue weighted by Crippen LogP contribution is 2.48. The number of aromatic nitrogens is 3. The highest BCUT2D eigenvalue weighted by atomic mass is 16.5. The molecule has 6 rings (SSSR count). The summed E-state index contributed by atoms with van der Waals surface area (Å²) < 4.78 is 7.51. The molecule has 3 heterocycles. The number of amides is 2. The van der Waals surface area contributed by atoms with Gasteiger partial charge in [0, 0.05) is 43.1 Å². The number of aliphatic hydroxyl groups is 3. The van der Waals surface area contributed by atoms with Gasteiger partial charge >= 0.3 is 0 Å². The summed E-state index contributed by atoms with van der Waals surface area (Å²) in [4.78, 5) is 31.5. The van der Waals surface area contributed by atoms with Crippen LogP contribution < -0.4 is 19.9 Å². The third kappa shape index (κ3) is 7.74. The molecule has 2 aliphatic rings. The number of benzene rings is 3. The quantitative estimate of drug-likeness (QED) is 0.0838. The van der Waals surface area contributed by atoms with E-state index in [4.69, 9.17) is 4.74 Å². The van der Waals surface area contributed by atoms with Crippen LogP contribution in [0.25, 0.3) is 0 Å². The number of carbonyl (C=O) groups excluding carboxylic acids is 2. The van der Waals surface area contributed by atoms with Crippen molar-refractivity contribution in [3.63, 3.8) is 0 Å². The van der Waals surface area contributed by atoms with Gasteiger partial charge in [-0.15, -0.1) is 11.7 Å². The van der Waals surface area contributed by atoms with Crippen molar-refractivity contribution in [3.05, 3.63) is 120 Å². The first-order valence-electron chi connectivity index (χ1n) is 18.7. The number of aliphatic hydroxyl groups excluding tert-OH is 2. The molecule has 2 amide bonds. The van der Waals surface area contributed by atoms with Crippen molar-refractivity contribution in [1.82, 2.24) is 20.3 Å². The van der Waals surface area contributed by atoms with E-state index in [1.165, 1.54) is 4.90 Å². The Bertz CT molecular complexity index is 1960. The number of unbranched alkanes of at least 4 members (excludes halogenated alkanes) is 1. The second-order valence-electron chi connectivity index (χ2n) is 13.8. The third-order valence-corrected chi connectivity index (χ3v) is 10.3. The Morgan fingerprint density at radius 1 is 1.07 bits per heavy atom. The fraction of sp³-hybridized carbons (Fsp3) is 0.381. The average molecular weight is 735 g/mol. The van der Waals surface area contributed by atoms with Crippen LogP contribution in [0.4, 0.5) is 17.1 Å². The van der Waals surface area contributed by atoms with Crippen LogP contribution in [0, 0.1) is 5.92 Å². The number of hydrogen-bond acceptors (Lipinski definition) is 9. The third-order valence-electron chi connectivity index (χ3n) is 10.3. The summed E-state index contributed by atoms with van der Waals surface area (Å²) in [6, 6.07) is 20.2. The molecule has 2 aliphatic heterocycles. The van der Waals surface area contributed by atoms with Gasteiger partial charge in [0.2, 0.25) is 5.91 Å². The summed E-state index contributed by atoms with van der Waals surface area (Å²) in [7, 11) is 0. The first-order chi connectivity index (χ1) is 26.2. The normalized spacial score (nSPS) is 19.2. The molecule has 4 atom stereocenters. The van der Waals surface area contributed by atoms with E-state index in [1.807, 2.05) is 86.8 Å². The van der Waals surface area contributed by atoms with Crippen LogP contribution >= 0.6 is 0 Å². The van der Waals surface area contributed by atoms with Crippen molar-refractivity contribution in [2.75, 3.05) is 42.7 Å². The number of rotatable bonds is 18. The highest BCUT2D eigenvalue weighted by molar-refractivity contribution is 6.10. The second kappa shape index (κ2) is 17.3. The van der Waals surface area contributed by atoms with Gasteiger partial charge in [-0.1, -0.05) is 60.7 Å². The summed E-state index contributed by atoms with van der Waals surface area (Å²) in [5.74, 6) is -0.800. The molecule has 12 nitrogen and oxygen atoms in total. The molecule has 0 spiro atoms. The number of ether oxygens (including phenoxy) is 1. The lowest BCUT2D eigenvalue weighted by molar-refractivity contribution is -0.139. The van der Waals surface area contributed by atoms with Crippen LogP contribution in [0.1, 0.15) is 61.4 Å². The van der Waals surface area contributed by atoms with Crippen molar-refractivity contribution in [2.45, 2.75) is 63.6 Å². The maximum atomic E-state index is 14.2. The topological polar surface area (TPSA) is 153 Å². The Kier molecular flexibility index (Phi) is 12.4. The number of hydrogen-bond donors (Lipinski definition) is 4. The van der Waals surface area contributed by atoms with E-state index in [2.05, 4.69) is 22.2 Å². The van der Waals surface area contributed by atoms with Crippen molar-refractivity contribution in [1.29, 1.82) is 0 Å². The minimum atomic E-state index is -1.91. The molecule has 2 unspecified atom stereocenters. The Balaban J connectivity index is 1.26. The monoisotopic (exact) mass is 734 g/mol. The van der Waals surface area contributed by atoms with Gasteiger partial charge in [0.15, 0.2) is 5.60 Å². The fourth-order valence-corrected chi connectivity index (χ4v) is 7.39. The van der Waals surface area contributed by atoms with Gasteiger partial charge in [-0.2, -0.15) is 0 Å². The number of anilines is 3. The lowest BCUT2D eigenvalue weighted by Crippen LogP contribution is -2.49. The maximum Gasteiger partial charge on any atom is 0.264 e. The smallest absolute Gasteiger partial charge is 0.264 e.